The molecule has 3 atom stereocenters. The Kier molecular flexibility index (Phi) is 4.07. The van der Waals surface area contributed by atoms with E-state index in [9.17, 15) is 14.4 Å². The fraction of sp³-hybridized carbons (Fsp3) is 0.769. The Labute approximate surface area is 111 Å². The lowest BCUT2D eigenvalue weighted by Crippen LogP contribution is -2.42. The number of hydrogen-bond acceptors (Lipinski definition) is 3. The molecule has 0 bridgehead atoms. The summed E-state index contributed by atoms with van der Waals surface area (Å²) in [6.07, 6.45) is 3.65. The minimum Gasteiger partial charge on any atom is -0.481 e. The van der Waals surface area contributed by atoms with E-state index in [1.54, 1.807) is 0 Å². The topological polar surface area (TPSA) is 104 Å². The predicted molar refractivity (Wildman–Crippen MR) is 65.4 cm³/mol. The van der Waals surface area contributed by atoms with Crippen LogP contribution in [-0.2, 0) is 14.4 Å². The van der Waals surface area contributed by atoms with Crippen LogP contribution in [0.4, 0.5) is 0 Å². The summed E-state index contributed by atoms with van der Waals surface area (Å²) in [7, 11) is 0. The first-order chi connectivity index (χ1) is 9.00. The van der Waals surface area contributed by atoms with Crippen LogP contribution in [0.25, 0.3) is 0 Å². The van der Waals surface area contributed by atoms with E-state index in [4.69, 9.17) is 10.2 Å². The quantitative estimate of drug-likeness (QED) is 0.636. The molecule has 2 aliphatic rings. The number of aliphatic carboxylic acids is 2. The average Bonchev–Trinajstić information content (AvgIpc) is 2.81. The average molecular weight is 269 g/mol. The van der Waals surface area contributed by atoms with Crippen LogP contribution >= 0.6 is 0 Å². The van der Waals surface area contributed by atoms with Crippen molar-refractivity contribution < 1.29 is 24.6 Å². The van der Waals surface area contributed by atoms with Crippen molar-refractivity contribution in [1.29, 1.82) is 0 Å². The number of hydrogen-bond donors (Lipinski definition) is 3. The molecule has 0 aromatic carbocycles. The van der Waals surface area contributed by atoms with Crippen molar-refractivity contribution in [1.82, 2.24) is 5.32 Å². The van der Waals surface area contributed by atoms with Gasteiger partial charge in [-0.15, -0.1) is 0 Å². The number of carbonyl (C=O) groups excluding carboxylic acids is 1. The van der Waals surface area contributed by atoms with Crippen LogP contribution in [0.2, 0.25) is 0 Å². The van der Waals surface area contributed by atoms with Gasteiger partial charge in [-0.3, -0.25) is 9.59 Å². The zero-order valence-corrected chi connectivity index (χ0v) is 10.7. The van der Waals surface area contributed by atoms with Crippen molar-refractivity contribution in [3.63, 3.8) is 0 Å². The highest BCUT2D eigenvalue weighted by atomic mass is 16.4. The normalized spacial score (nSPS) is 29.4. The van der Waals surface area contributed by atoms with Gasteiger partial charge in [0.1, 0.15) is 6.04 Å². The summed E-state index contributed by atoms with van der Waals surface area (Å²) in [6, 6.07) is -0.965. The maximum absolute atomic E-state index is 11.9. The molecular weight excluding hydrogens is 250 g/mol. The Bertz CT molecular complexity index is 384. The van der Waals surface area contributed by atoms with E-state index >= 15 is 0 Å². The smallest absolute Gasteiger partial charge is 0.326 e. The van der Waals surface area contributed by atoms with Crippen LogP contribution in [0.1, 0.15) is 38.5 Å². The Balaban J connectivity index is 1.78. The van der Waals surface area contributed by atoms with E-state index in [1.807, 2.05) is 0 Å². The predicted octanol–water partition coefficient (Wildman–Crippen LogP) is 0.857. The van der Waals surface area contributed by atoms with E-state index in [2.05, 4.69) is 5.32 Å². The second-order valence-electron chi connectivity index (χ2n) is 5.47. The molecule has 0 aromatic rings. The maximum atomic E-state index is 11.9. The Hall–Kier alpha value is -1.59. The molecule has 2 rings (SSSR count). The number of amides is 1. The summed E-state index contributed by atoms with van der Waals surface area (Å²) in [5.41, 5.74) is 0. The van der Waals surface area contributed by atoms with Crippen LogP contribution in [0.5, 0.6) is 0 Å². The third-order valence-electron chi connectivity index (χ3n) is 4.21. The molecular formula is C13H19NO5. The Morgan fingerprint density at radius 3 is 2.32 bits per heavy atom. The first-order valence-electron chi connectivity index (χ1n) is 6.75. The number of carboxylic acids is 2. The van der Waals surface area contributed by atoms with Gasteiger partial charge < -0.3 is 15.5 Å². The number of nitrogens with one attached hydrogen (secondary N) is 1. The van der Waals surface area contributed by atoms with Crippen molar-refractivity contribution in [3.05, 3.63) is 0 Å². The fourth-order valence-corrected chi connectivity index (χ4v) is 3.19. The van der Waals surface area contributed by atoms with Gasteiger partial charge in [0.05, 0.1) is 0 Å². The number of carbonyl (C=O) groups is 3. The lowest BCUT2D eigenvalue weighted by atomic mass is 10.1. The highest BCUT2D eigenvalue weighted by Crippen LogP contribution is 2.57. The summed E-state index contributed by atoms with van der Waals surface area (Å²) in [5.74, 6) is -1.31. The van der Waals surface area contributed by atoms with Crippen LogP contribution < -0.4 is 5.32 Å². The molecule has 0 heterocycles. The van der Waals surface area contributed by atoms with Crippen molar-refractivity contribution >= 4 is 17.8 Å². The van der Waals surface area contributed by atoms with E-state index in [-0.39, 0.29) is 31.1 Å². The maximum Gasteiger partial charge on any atom is 0.326 e. The number of fused-ring (bicyclic) bond motifs is 1. The van der Waals surface area contributed by atoms with Gasteiger partial charge in [0.25, 0.3) is 0 Å². The van der Waals surface area contributed by atoms with Crippen LogP contribution in [-0.4, -0.2) is 34.1 Å². The van der Waals surface area contributed by atoms with Gasteiger partial charge in [0.2, 0.25) is 5.91 Å². The standard InChI is InChI=1S/C13H19NO5/c15-10(16)6-2-5-9(13(18)19)14-12(17)11-7-3-1-4-8(7)11/h7-9,11H,1-6H2,(H,14,17)(H,15,16)(H,18,19)/t7?,8?,9-,11?/m1/s1. The molecule has 0 aromatic heterocycles. The van der Waals surface area contributed by atoms with Crippen LogP contribution in [0.15, 0.2) is 0 Å². The molecule has 2 unspecified atom stereocenters. The lowest BCUT2D eigenvalue weighted by molar-refractivity contribution is -0.143. The van der Waals surface area contributed by atoms with Gasteiger partial charge in [-0.25, -0.2) is 4.79 Å². The number of carboxylic acid groups (broad SMARTS) is 2. The highest BCUT2D eigenvalue weighted by molar-refractivity contribution is 5.87. The molecule has 0 radical (unpaired) electrons. The molecule has 0 saturated heterocycles. The van der Waals surface area contributed by atoms with E-state index in [0.29, 0.717) is 11.8 Å². The molecule has 6 nitrogen and oxygen atoms in total. The molecule has 19 heavy (non-hydrogen) atoms. The number of rotatable bonds is 7. The molecule has 6 heteroatoms. The van der Waals surface area contributed by atoms with Gasteiger partial charge in [-0.1, -0.05) is 6.42 Å². The Morgan fingerprint density at radius 1 is 1.16 bits per heavy atom. The summed E-state index contributed by atoms with van der Waals surface area (Å²) < 4.78 is 0. The lowest BCUT2D eigenvalue weighted by Gasteiger charge is -2.14. The zero-order chi connectivity index (χ0) is 14.0. The van der Waals surface area contributed by atoms with Gasteiger partial charge in [0.15, 0.2) is 0 Å². The van der Waals surface area contributed by atoms with Crippen molar-refractivity contribution in [2.45, 2.75) is 44.6 Å². The molecule has 106 valence electrons. The van der Waals surface area contributed by atoms with Crippen LogP contribution in [0, 0.1) is 17.8 Å². The molecule has 2 saturated carbocycles. The minimum absolute atomic E-state index is 0.00456. The first-order valence-corrected chi connectivity index (χ1v) is 6.75. The third-order valence-corrected chi connectivity index (χ3v) is 4.21. The largest absolute Gasteiger partial charge is 0.481 e. The fourth-order valence-electron chi connectivity index (χ4n) is 3.19. The van der Waals surface area contributed by atoms with Gasteiger partial charge in [-0.05, 0) is 37.5 Å². The van der Waals surface area contributed by atoms with Crippen molar-refractivity contribution in [2.75, 3.05) is 0 Å². The SMILES string of the molecule is O=C(O)CCC[C@@H](NC(=O)C1C2CCCC21)C(=O)O. The molecule has 0 spiro atoms. The zero-order valence-electron chi connectivity index (χ0n) is 10.7. The molecule has 3 N–H and O–H groups in total. The highest BCUT2D eigenvalue weighted by Gasteiger charge is 2.56. The van der Waals surface area contributed by atoms with E-state index < -0.39 is 18.0 Å². The summed E-state index contributed by atoms with van der Waals surface area (Å²) in [4.78, 5) is 33.4. The van der Waals surface area contributed by atoms with E-state index in [1.165, 1.54) is 6.42 Å². The monoisotopic (exact) mass is 269 g/mol. The Morgan fingerprint density at radius 2 is 1.79 bits per heavy atom. The summed E-state index contributed by atoms with van der Waals surface area (Å²) in [5, 5.41) is 20.1. The molecule has 0 aliphatic heterocycles. The molecule has 2 aliphatic carbocycles. The molecule has 2 fully saturated rings. The van der Waals surface area contributed by atoms with Gasteiger partial charge in [0, 0.05) is 12.3 Å². The molecule has 1 amide bonds. The van der Waals surface area contributed by atoms with Gasteiger partial charge >= 0.3 is 11.9 Å². The second kappa shape index (κ2) is 5.59. The van der Waals surface area contributed by atoms with E-state index in [0.717, 1.165) is 12.8 Å². The van der Waals surface area contributed by atoms with Crippen LogP contribution in [0.3, 0.4) is 0 Å². The van der Waals surface area contributed by atoms with Crippen molar-refractivity contribution in [2.24, 2.45) is 17.8 Å². The third kappa shape index (κ3) is 3.24. The summed E-state index contributed by atoms with van der Waals surface area (Å²) >= 11 is 0. The second-order valence-corrected chi connectivity index (χ2v) is 5.47. The first kappa shape index (κ1) is 13.8. The van der Waals surface area contributed by atoms with Gasteiger partial charge in [-0.2, -0.15) is 0 Å². The minimum atomic E-state index is -1.09. The van der Waals surface area contributed by atoms with Crippen molar-refractivity contribution in [3.8, 4) is 0 Å². The summed E-state index contributed by atoms with van der Waals surface area (Å²) in [6.45, 7) is 0.